The number of carbonyl (C=O) groups is 1. The highest BCUT2D eigenvalue weighted by Gasteiger charge is 2.22. The SMILES string of the molecule is N#CC(=Cc1ccc(OCc2ccccc2)c(Br)c1)C(=O)Nc1sc2c(c1C#N)CCCC2. The normalized spacial score (nSPS) is 12.9. The van der Waals surface area contributed by atoms with E-state index in [9.17, 15) is 15.3 Å². The first-order chi connectivity index (χ1) is 16.1. The molecule has 0 unspecified atom stereocenters. The van der Waals surface area contributed by atoms with Crippen LogP contribution in [0.3, 0.4) is 0 Å². The first-order valence-corrected chi connectivity index (χ1v) is 12.1. The van der Waals surface area contributed by atoms with E-state index in [1.54, 1.807) is 18.2 Å². The second kappa shape index (κ2) is 10.5. The Morgan fingerprint density at radius 3 is 2.67 bits per heavy atom. The molecule has 0 atom stereocenters. The summed E-state index contributed by atoms with van der Waals surface area (Å²) in [4.78, 5) is 14.0. The van der Waals surface area contributed by atoms with Crippen LogP contribution in [0.25, 0.3) is 6.08 Å². The zero-order chi connectivity index (χ0) is 23.2. The summed E-state index contributed by atoms with van der Waals surface area (Å²) in [6, 6.07) is 19.4. The number of fused-ring (bicyclic) bond motifs is 1. The predicted octanol–water partition coefficient (Wildman–Crippen LogP) is 6.39. The maximum atomic E-state index is 12.8. The molecule has 5 nitrogen and oxygen atoms in total. The largest absolute Gasteiger partial charge is 0.488 e. The molecule has 0 fully saturated rings. The molecule has 0 radical (unpaired) electrons. The van der Waals surface area contributed by atoms with E-state index < -0.39 is 5.91 Å². The maximum Gasteiger partial charge on any atom is 0.266 e. The highest BCUT2D eigenvalue weighted by molar-refractivity contribution is 9.10. The Labute approximate surface area is 205 Å². The van der Waals surface area contributed by atoms with Crippen LogP contribution in [0, 0.1) is 22.7 Å². The fourth-order valence-electron chi connectivity index (χ4n) is 3.72. The Hall–Kier alpha value is -3.39. The van der Waals surface area contributed by atoms with Crippen molar-refractivity contribution in [1.29, 1.82) is 10.5 Å². The Balaban J connectivity index is 1.49. The minimum absolute atomic E-state index is 0.0323. The summed E-state index contributed by atoms with van der Waals surface area (Å²) in [5.41, 5.74) is 3.29. The molecule has 1 aliphatic rings. The molecule has 1 aliphatic carbocycles. The number of benzene rings is 2. The van der Waals surface area contributed by atoms with Crippen molar-refractivity contribution in [3.8, 4) is 17.9 Å². The van der Waals surface area contributed by atoms with E-state index >= 15 is 0 Å². The van der Waals surface area contributed by atoms with Crippen LogP contribution < -0.4 is 10.1 Å². The zero-order valence-electron chi connectivity index (χ0n) is 17.7. The van der Waals surface area contributed by atoms with Crippen molar-refractivity contribution in [2.75, 3.05) is 5.32 Å². The predicted molar refractivity (Wildman–Crippen MR) is 133 cm³/mol. The number of hydrogen-bond donors (Lipinski definition) is 1. The molecule has 7 heteroatoms. The van der Waals surface area contributed by atoms with E-state index in [4.69, 9.17) is 4.74 Å². The zero-order valence-corrected chi connectivity index (χ0v) is 20.1. The molecule has 1 heterocycles. The van der Waals surface area contributed by atoms with E-state index in [0.717, 1.165) is 46.2 Å². The van der Waals surface area contributed by atoms with Gasteiger partial charge in [-0.25, -0.2) is 0 Å². The van der Waals surface area contributed by atoms with Crippen LogP contribution in [0.15, 0.2) is 58.6 Å². The van der Waals surface area contributed by atoms with Gasteiger partial charge in [0.25, 0.3) is 5.91 Å². The Morgan fingerprint density at radius 1 is 1.15 bits per heavy atom. The number of ether oxygens (including phenoxy) is 1. The average molecular weight is 518 g/mol. The topological polar surface area (TPSA) is 85.9 Å². The lowest BCUT2D eigenvalue weighted by Gasteiger charge is -2.09. The van der Waals surface area contributed by atoms with Gasteiger partial charge in [0, 0.05) is 4.88 Å². The van der Waals surface area contributed by atoms with Gasteiger partial charge in [-0.2, -0.15) is 10.5 Å². The molecule has 1 N–H and O–H groups in total. The Kier molecular flexibility index (Phi) is 7.24. The first-order valence-electron chi connectivity index (χ1n) is 10.5. The number of hydrogen-bond acceptors (Lipinski definition) is 5. The van der Waals surface area contributed by atoms with Crippen molar-refractivity contribution in [3.63, 3.8) is 0 Å². The summed E-state index contributed by atoms with van der Waals surface area (Å²) in [5, 5.41) is 22.5. The van der Waals surface area contributed by atoms with Gasteiger partial charge in [-0.3, -0.25) is 4.79 Å². The summed E-state index contributed by atoms with van der Waals surface area (Å²) in [6.45, 7) is 0.437. The van der Waals surface area contributed by atoms with Crippen molar-refractivity contribution in [3.05, 3.63) is 85.7 Å². The maximum absolute atomic E-state index is 12.8. The number of amides is 1. The van der Waals surface area contributed by atoms with Gasteiger partial charge in [-0.15, -0.1) is 11.3 Å². The quantitative estimate of drug-likeness (QED) is 0.303. The molecular formula is C26H20BrN3O2S. The molecule has 0 aliphatic heterocycles. The molecule has 3 aromatic rings. The van der Waals surface area contributed by atoms with E-state index in [1.165, 1.54) is 17.4 Å². The smallest absolute Gasteiger partial charge is 0.266 e. The van der Waals surface area contributed by atoms with Gasteiger partial charge in [0.1, 0.15) is 35.1 Å². The molecule has 0 saturated carbocycles. The van der Waals surface area contributed by atoms with Crippen LogP contribution >= 0.6 is 27.3 Å². The number of nitrogens with zero attached hydrogens (tertiary/aromatic N) is 2. The summed E-state index contributed by atoms with van der Waals surface area (Å²) in [6.07, 6.45) is 5.46. The van der Waals surface area contributed by atoms with Gasteiger partial charge in [-0.1, -0.05) is 36.4 Å². The number of aryl methyl sites for hydroxylation is 1. The molecule has 4 rings (SSSR count). The fraction of sp³-hybridized carbons (Fsp3) is 0.192. The minimum Gasteiger partial charge on any atom is -0.488 e. The number of rotatable bonds is 6. The summed E-state index contributed by atoms with van der Waals surface area (Å²) in [5.74, 6) is 0.148. The van der Waals surface area contributed by atoms with Crippen LogP contribution in [0.5, 0.6) is 5.75 Å². The molecule has 1 aromatic heterocycles. The Morgan fingerprint density at radius 2 is 1.94 bits per heavy atom. The van der Waals surface area contributed by atoms with E-state index in [2.05, 4.69) is 27.3 Å². The van der Waals surface area contributed by atoms with Gasteiger partial charge in [-0.05, 0) is 76.5 Å². The van der Waals surface area contributed by atoms with Crippen molar-refractivity contribution in [2.45, 2.75) is 32.3 Å². The van der Waals surface area contributed by atoms with Crippen LogP contribution in [-0.2, 0) is 24.2 Å². The number of halogens is 1. The van der Waals surface area contributed by atoms with Crippen LogP contribution in [-0.4, -0.2) is 5.91 Å². The number of anilines is 1. The summed E-state index contributed by atoms with van der Waals surface area (Å²) < 4.78 is 6.58. The second-order valence-corrected chi connectivity index (χ2v) is 9.57. The minimum atomic E-state index is -0.520. The fourth-order valence-corrected chi connectivity index (χ4v) is 5.46. The standard InChI is InChI=1S/C26H20BrN3O2S/c27-22-13-18(10-11-23(22)32-16-17-6-2-1-3-7-17)12-19(14-28)25(31)30-26-21(15-29)20-8-4-5-9-24(20)33-26/h1-3,6-7,10-13H,4-5,8-9,16H2,(H,30,31). The first kappa shape index (κ1) is 22.8. The average Bonchev–Trinajstić information content (AvgIpc) is 3.19. The van der Waals surface area contributed by atoms with Crippen molar-refractivity contribution >= 4 is 44.3 Å². The summed E-state index contributed by atoms with van der Waals surface area (Å²) in [7, 11) is 0. The van der Waals surface area contributed by atoms with E-state index in [-0.39, 0.29) is 5.57 Å². The van der Waals surface area contributed by atoms with E-state index in [1.807, 2.05) is 36.4 Å². The van der Waals surface area contributed by atoms with Crippen LogP contribution in [0.2, 0.25) is 0 Å². The molecule has 0 spiro atoms. The molecule has 0 bridgehead atoms. The Bertz CT molecular complexity index is 1300. The van der Waals surface area contributed by atoms with Crippen LogP contribution in [0.1, 0.15) is 40.0 Å². The number of carbonyl (C=O) groups excluding carboxylic acids is 1. The molecule has 164 valence electrons. The highest BCUT2D eigenvalue weighted by atomic mass is 79.9. The molecular weight excluding hydrogens is 498 g/mol. The molecule has 2 aromatic carbocycles. The van der Waals surface area contributed by atoms with Gasteiger partial charge >= 0.3 is 0 Å². The van der Waals surface area contributed by atoms with Crippen molar-refractivity contribution < 1.29 is 9.53 Å². The third-order valence-corrected chi connectivity index (χ3v) is 7.21. The molecule has 33 heavy (non-hydrogen) atoms. The highest BCUT2D eigenvalue weighted by Crippen LogP contribution is 2.38. The van der Waals surface area contributed by atoms with Crippen molar-refractivity contribution in [1.82, 2.24) is 0 Å². The molecule has 1 amide bonds. The van der Waals surface area contributed by atoms with Crippen LogP contribution in [0.4, 0.5) is 5.00 Å². The lowest BCUT2D eigenvalue weighted by molar-refractivity contribution is -0.112. The number of nitriles is 2. The third-order valence-electron chi connectivity index (χ3n) is 5.38. The molecule has 0 saturated heterocycles. The second-order valence-electron chi connectivity index (χ2n) is 7.61. The lowest BCUT2D eigenvalue weighted by Crippen LogP contribution is -2.13. The third kappa shape index (κ3) is 5.34. The van der Waals surface area contributed by atoms with Crippen molar-refractivity contribution in [2.24, 2.45) is 0 Å². The van der Waals surface area contributed by atoms with Gasteiger partial charge in [0.05, 0.1) is 10.0 Å². The number of thiophene rings is 1. The monoisotopic (exact) mass is 517 g/mol. The number of nitrogens with one attached hydrogen (secondary N) is 1. The van der Waals surface area contributed by atoms with Gasteiger partial charge < -0.3 is 10.1 Å². The van der Waals surface area contributed by atoms with Gasteiger partial charge in [0.2, 0.25) is 0 Å². The lowest BCUT2D eigenvalue weighted by atomic mass is 9.96. The summed E-state index contributed by atoms with van der Waals surface area (Å²) >= 11 is 4.94. The van der Waals surface area contributed by atoms with Gasteiger partial charge in [0.15, 0.2) is 0 Å². The van der Waals surface area contributed by atoms with E-state index in [0.29, 0.717) is 28.5 Å².